The molecule has 2 aromatic rings. The molecule has 0 amide bonds. The molecule has 2 aromatic carbocycles. The Balaban J connectivity index is 1.42. The summed E-state index contributed by atoms with van der Waals surface area (Å²) in [5.41, 5.74) is 2.38. The van der Waals surface area contributed by atoms with Crippen molar-refractivity contribution in [3.8, 4) is 23.3 Å². The molecular formula is C38H49F3O5. The molecule has 5 nitrogen and oxygen atoms in total. The summed E-state index contributed by atoms with van der Waals surface area (Å²) in [5, 5.41) is 0. The van der Waals surface area contributed by atoms with Gasteiger partial charge < -0.3 is 14.2 Å². The van der Waals surface area contributed by atoms with Gasteiger partial charge in [0.1, 0.15) is 11.5 Å². The van der Waals surface area contributed by atoms with Gasteiger partial charge in [0.05, 0.1) is 12.5 Å². The van der Waals surface area contributed by atoms with E-state index in [9.17, 15) is 22.8 Å². The summed E-state index contributed by atoms with van der Waals surface area (Å²) < 4.78 is 56.7. The lowest BCUT2D eigenvalue weighted by Crippen LogP contribution is -2.37. The van der Waals surface area contributed by atoms with Gasteiger partial charge >= 0.3 is 18.1 Å². The third kappa shape index (κ3) is 13.5. The van der Waals surface area contributed by atoms with Crippen LogP contribution in [0.5, 0.6) is 11.5 Å². The summed E-state index contributed by atoms with van der Waals surface area (Å²) >= 11 is 0. The Morgan fingerprint density at radius 1 is 0.826 bits per heavy atom. The summed E-state index contributed by atoms with van der Waals surface area (Å²) in [6.45, 7) is 4.89. The van der Waals surface area contributed by atoms with Gasteiger partial charge in [-0.15, -0.1) is 0 Å². The Morgan fingerprint density at radius 2 is 1.46 bits per heavy atom. The number of carbonyl (C=O) groups is 2. The predicted octanol–water partition coefficient (Wildman–Crippen LogP) is 9.71. The lowest BCUT2D eigenvalue weighted by atomic mass is 9.84. The molecule has 252 valence electrons. The second kappa shape index (κ2) is 19.9. The van der Waals surface area contributed by atoms with Crippen molar-refractivity contribution < 1.29 is 37.0 Å². The number of benzene rings is 2. The molecule has 0 bridgehead atoms. The van der Waals surface area contributed by atoms with Gasteiger partial charge in [0.2, 0.25) is 0 Å². The molecule has 1 unspecified atom stereocenters. The number of hydrogen-bond acceptors (Lipinski definition) is 5. The van der Waals surface area contributed by atoms with Crippen molar-refractivity contribution in [2.75, 3.05) is 6.61 Å². The van der Waals surface area contributed by atoms with Crippen molar-refractivity contribution >= 4 is 11.9 Å². The number of hydrogen-bond donors (Lipinski definition) is 0. The molecule has 0 aromatic heterocycles. The number of esters is 2. The van der Waals surface area contributed by atoms with Gasteiger partial charge in [-0.25, -0.2) is 4.79 Å². The topological polar surface area (TPSA) is 61.8 Å². The van der Waals surface area contributed by atoms with Crippen LogP contribution in [0, 0.1) is 17.8 Å². The summed E-state index contributed by atoms with van der Waals surface area (Å²) in [7, 11) is 0. The van der Waals surface area contributed by atoms with E-state index in [4.69, 9.17) is 14.2 Å². The van der Waals surface area contributed by atoms with Gasteiger partial charge in [0.25, 0.3) is 0 Å². The predicted molar refractivity (Wildman–Crippen MR) is 174 cm³/mol. The highest BCUT2D eigenvalue weighted by molar-refractivity contribution is 5.90. The molecule has 3 rings (SSSR count). The fourth-order valence-corrected chi connectivity index (χ4v) is 5.59. The molecule has 0 saturated carbocycles. The minimum Gasteiger partial charge on any atom is -0.494 e. The van der Waals surface area contributed by atoms with Gasteiger partial charge in [-0.1, -0.05) is 90.0 Å². The first-order valence-corrected chi connectivity index (χ1v) is 17.0. The average Bonchev–Trinajstić information content (AvgIpc) is 3.04. The zero-order valence-corrected chi connectivity index (χ0v) is 27.4. The van der Waals surface area contributed by atoms with Crippen LogP contribution >= 0.6 is 0 Å². The van der Waals surface area contributed by atoms with E-state index >= 15 is 0 Å². The Kier molecular flexibility index (Phi) is 16.0. The highest BCUT2D eigenvalue weighted by Crippen LogP contribution is 2.32. The summed E-state index contributed by atoms with van der Waals surface area (Å²) in [5.74, 6) is 4.25. The fourth-order valence-electron chi connectivity index (χ4n) is 5.59. The number of rotatable bonds is 18. The van der Waals surface area contributed by atoms with Gasteiger partial charge in [-0.2, -0.15) is 13.2 Å². The van der Waals surface area contributed by atoms with Crippen LogP contribution < -0.4 is 9.47 Å². The minimum absolute atomic E-state index is 0.213. The maximum Gasteiger partial charge on any atom is 0.425 e. The Bertz CT molecular complexity index is 1280. The second-order valence-electron chi connectivity index (χ2n) is 12.2. The van der Waals surface area contributed by atoms with Crippen molar-refractivity contribution in [1.29, 1.82) is 0 Å². The van der Waals surface area contributed by atoms with Crippen LogP contribution in [0.1, 0.15) is 120 Å². The van der Waals surface area contributed by atoms with Crippen LogP contribution in [-0.2, 0) is 27.2 Å². The highest BCUT2D eigenvalue weighted by Gasteiger charge is 2.43. The van der Waals surface area contributed by atoms with E-state index in [0.29, 0.717) is 43.6 Å². The van der Waals surface area contributed by atoms with Crippen LogP contribution in [-0.4, -0.2) is 30.8 Å². The van der Waals surface area contributed by atoms with Crippen molar-refractivity contribution in [2.24, 2.45) is 5.92 Å². The smallest absolute Gasteiger partial charge is 0.425 e. The van der Waals surface area contributed by atoms with Crippen molar-refractivity contribution in [1.82, 2.24) is 0 Å². The van der Waals surface area contributed by atoms with Crippen LogP contribution in [0.2, 0.25) is 0 Å². The Labute approximate surface area is 272 Å². The monoisotopic (exact) mass is 642 g/mol. The van der Waals surface area contributed by atoms with Crippen molar-refractivity contribution in [2.45, 2.75) is 129 Å². The Morgan fingerprint density at radius 3 is 2.13 bits per heavy atom. The zero-order valence-electron chi connectivity index (χ0n) is 27.4. The summed E-state index contributed by atoms with van der Waals surface area (Å²) in [6, 6.07) is 12.3. The van der Waals surface area contributed by atoms with E-state index in [-0.39, 0.29) is 12.8 Å². The average molecular weight is 643 g/mol. The number of halogens is 3. The third-order valence-corrected chi connectivity index (χ3v) is 8.32. The van der Waals surface area contributed by atoms with Crippen LogP contribution in [0.3, 0.4) is 0 Å². The van der Waals surface area contributed by atoms with Crippen LogP contribution in [0.25, 0.3) is 0 Å². The number of unbranched alkanes of at least 4 members (excludes halogenated alkanes) is 10. The number of alkyl halides is 3. The standard InChI is InChI=1S/C38H49F3O5/c1-3-5-7-9-10-11-12-14-26-44-33-22-16-29(17-23-33)18-25-36(42)45-34-24-21-30-27-32(20-19-31(30)28-34)37(43)46-35(38(39,40)41)15-13-8-6-4-2/h16-17,21-24,28,32,35H,3-15,19-20,26-27H2,1-2H3/t32?,35-/m1/s1. The lowest BCUT2D eigenvalue weighted by Gasteiger charge is -2.27. The molecule has 0 aliphatic heterocycles. The largest absolute Gasteiger partial charge is 0.494 e. The normalized spacial score (nSPS) is 14.8. The maximum absolute atomic E-state index is 13.5. The van der Waals surface area contributed by atoms with E-state index in [1.54, 1.807) is 30.3 Å². The summed E-state index contributed by atoms with van der Waals surface area (Å²) in [6.07, 6.45) is 7.02. The quantitative estimate of drug-likeness (QED) is 0.0701. The van der Waals surface area contributed by atoms with Gasteiger partial charge in [-0.3, -0.25) is 4.79 Å². The molecule has 0 fully saturated rings. The number of aryl methyl sites for hydroxylation is 1. The number of carbonyl (C=O) groups excluding carboxylic acids is 2. The van der Waals surface area contributed by atoms with E-state index in [0.717, 1.165) is 36.1 Å². The maximum atomic E-state index is 13.5. The second-order valence-corrected chi connectivity index (χ2v) is 12.2. The molecule has 0 spiro atoms. The highest BCUT2D eigenvalue weighted by atomic mass is 19.4. The molecule has 8 heteroatoms. The molecule has 0 radical (unpaired) electrons. The molecule has 0 saturated heterocycles. The third-order valence-electron chi connectivity index (χ3n) is 8.32. The first kappa shape index (κ1) is 37.0. The molecule has 46 heavy (non-hydrogen) atoms. The minimum atomic E-state index is -4.58. The van der Waals surface area contributed by atoms with E-state index in [2.05, 4.69) is 18.8 Å². The molecular weight excluding hydrogens is 593 g/mol. The van der Waals surface area contributed by atoms with E-state index < -0.39 is 30.1 Å². The van der Waals surface area contributed by atoms with Gasteiger partial charge in [0.15, 0.2) is 6.10 Å². The summed E-state index contributed by atoms with van der Waals surface area (Å²) in [4.78, 5) is 25.1. The van der Waals surface area contributed by atoms with Gasteiger partial charge in [-0.05, 0) is 86.1 Å². The molecule has 0 N–H and O–H groups in total. The van der Waals surface area contributed by atoms with E-state index in [1.807, 2.05) is 19.1 Å². The first-order chi connectivity index (χ1) is 22.2. The number of fused-ring (bicyclic) bond motifs is 1. The first-order valence-electron chi connectivity index (χ1n) is 17.0. The molecule has 1 aliphatic rings. The Hall–Kier alpha value is -3.47. The van der Waals surface area contributed by atoms with Crippen molar-refractivity contribution in [3.05, 3.63) is 59.2 Å². The number of ether oxygens (including phenoxy) is 3. The van der Waals surface area contributed by atoms with Crippen LogP contribution in [0.15, 0.2) is 42.5 Å². The molecule has 1 aliphatic carbocycles. The lowest BCUT2D eigenvalue weighted by molar-refractivity contribution is -0.225. The fraction of sp³-hybridized carbons (Fsp3) is 0.579. The van der Waals surface area contributed by atoms with E-state index in [1.165, 1.54) is 44.9 Å². The van der Waals surface area contributed by atoms with Crippen LogP contribution in [0.4, 0.5) is 13.2 Å². The molecule has 2 atom stereocenters. The van der Waals surface area contributed by atoms with Gasteiger partial charge in [0, 0.05) is 11.5 Å². The zero-order chi connectivity index (χ0) is 33.2. The molecule has 0 heterocycles. The SMILES string of the molecule is CCCCCCCCCCOc1ccc(C#CC(=O)Oc2ccc3c(c2)CCC(C(=O)O[C@H](CCCCCC)C(F)(F)F)C3)cc1. The van der Waals surface area contributed by atoms with Crippen molar-refractivity contribution in [3.63, 3.8) is 0 Å².